The van der Waals surface area contributed by atoms with Gasteiger partial charge in [-0.25, -0.2) is 4.99 Å². The summed E-state index contributed by atoms with van der Waals surface area (Å²) >= 11 is 2.27. The molecule has 1 aliphatic rings. The topological polar surface area (TPSA) is 24.7 Å². The molecule has 7 heavy (non-hydrogen) atoms. The molecular weight excluding hydrogens is 203 g/mol. The molecule has 0 fully saturated rings. The number of hydrogen-bond donors (Lipinski definition) is 0. The molecule has 38 valence electrons. The first-order chi connectivity index (χ1) is 3.39. The molecule has 0 bridgehead atoms. The minimum atomic E-state index is 0.426. The third-order valence-electron chi connectivity index (χ3n) is 0.700. The van der Waals surface area contributed by atoms with Crippen molar-refractivity contribution >= 4 is 35.1 Å². The highest BCUT2D eigenvalue weighted by Crippen LogP contribution is 2.06. The van der Waals surface area contributed by atoms with E-state index in [1.807, 2.05) is 6.21 Å². The Morgan fingerprint density at radius 2 is 2.57 bits per heavy atom. The molecule has 0 aromatic rings. The standard InChI is InChI=1S/C4H5IN2/c5-4-1-2-6-3-7-4/h2-4H,1H2. The molecule has 1 heterocycles. The minimum Gasteiger partial charge on any atom is -0.259 e. The zero-order chi connectivity index (χ0) is 5.11. The van der Waals surface area contributed by atoms with Crippen molar-refractivity contribution in [3.05, 3.63) is 0 Å². The third-order valence-corrected chi connectivity index (χ3v) is 1.53. The fourth-order valence-corrected chi connectivity index (χ4v) is 0.738. The van der Waals surface area contributed by atoms with Gasteiger partial charge in [0.15, 0.2) is 0 Å². The molecule has 0 amide bonds. The van der Waals surface area contributed by atoms with Gasteiger partial charge in [-0.05, 0) is 0 Å². The van der Waals surface area contributed by atoms with E-state index in [9.17, 15) is 0 Å². The van der Waals surface area contributed by atoms with E-state index in [2.05, 4.69) is 32.6 Å². The van der Waals surface area contributed by atoms with E-state index in [0.29, 0.717) is 4.05 Å². The van der Waals surface area contributed by atoms with Crippen molar-refractivity contribution in [1.82, 2.24) is 0 Å². The predicted octanol–water partition coefficient (Wildman–Crippen LogP) is 1.25. The molecule has 1 atom stereocenters. The lowest BCUT2D eigenvalue weighted by Crippen LogP contribution is -1.97. The number of hydrogen-bond acceptors (Lipinski definition) is 2. The molecule has 0 saturated carbocycles. The second kappa shape index (κ2) is 2.40. The van der Waals surface area contributed by atoms with Gasteiger partial charge in [0.1, 0.15) is 10.4 Å². The SMILES string of the molecule is IC1CC=NC=N1. The maximum atomic E-state index is 3.99. The Morgan fingerprint density at radius 3 is 2.86 bits per heavy atom. The Morgan fingerprint density at radius 1 is 1.71 bits per heavy atom. The molecule has 1 unspecified atom stereocenters. The lowest BCUT2D eigenvalue weighted by atomic mass is 10.4. The smallest absolute Gasteiger partial charge is 0.110 e. The molecule has 0 radical (unpaired) electrons. The van der Waals surface area contributed by atoms with Crippen LogP contribution in [-0.2, 0) is 0 Å². The first-order valence-corrected chi connectivity index (χ1v) is 3.31. The van der Waals surface area contributed by atoms with Gasteiger partial charge in [-0.2, -0.15) is 0 Å². The van der Waals surface area contributed by atoms with Gasteiger partial charge in [0.2, 0.25) is 0 Å². The molecule has 0 aromatic heterocycles. The van der Waals surface area contributed by atoms with Crippen LogP contribution in [0.4, 0.5) is 0 Å². The number of aliphatic imine (C=N–C) groups is 2. The summed E-state index contributed by atoms with van der Waals surface area (Å²) in [5, 5.41) is 0. The summed E-state index contributed by atoms with van der Waals surface area (Å²) in [7, 11) is 0. The highest BCUT2D eigenvalue weighted by Gasteiger charge is 1.97. The van der Waals surface area contributed by atoms with Crippen LogP contribution in [0.1, 0.15) is 6.42 Å². The van der Waals surface area contributed by atoms with Crippen molar-refractivity contribution in [2.24, 2.45) is 9.98 Å². The maximum Gasteiger partial charge on any atom is 0.110 e. The summed E-state index contributed by atoms with van der Waals surface area (Å²) in [5.74, 6) is 0. The number of alkyl halides is 1. The molecule has 0 aromatic carbocycles. The number of rotatable bonds is 0. The van der Waals surface area contributed by atoms with Gasteiger partial charge in [-0.15, -0.1) is 0 Å². The maximum absolute atomic E-state index is 3.99. The zero-order valence-corrected chi connectivity index (χ0v) is 5.87. The monoisotopic (exact) mass is 208 g/mol. The van der Waals surface area contributed by atoms with Gasteiger partial charge < -0.3 is 0 Å². The molecule has 1 aliphatic heterocycles. The highest BCUT2D eigenvalue weighted by atomic mass is 127. The Bertz CT molecular complexity index is 108. The third kappa shape index (κ3) is 1.54. The van der Waals surface area contributed by atoms with Crippen LogP contribution in [0.3, 0.4) is 0 Å². The van der Waals surface area contributed by atoms with Gasteiger partial charge in [0, 0.05) is 12.6 Å². The van der Waals surface area contributed by atoms with Crippen molar-refractivity contribution in [2.75, 3.05) is 0 Å². The van der Waals surface area contributed by atoms with E-state index in [1.54, 1.807) is 6.34 Å². The Hall–Kier alpha value is 0.0700. The summed E-state index contributed by atoms with van der Waals surface area (Å²) in [5.41, 5.74) is 0. The molecule has 0 aliphatic carbocycles. The first-order valence-electron chi connectivity index (χ1n) is 2.07. The second-order valence-electron chi connectivity index (χ2n) is 1.27. The summed E-state index contributed by atoms with van der Waals surface area (Å²) in [6.07, 6.45) is 4.46. The average Bonchev–Trinajstić information content (AvgIpc) is 1.69. The van der Waals surface area contributed by atoms with E-state index < -0.39 is 0 Å². The van der Waals surface area contributed by atoms with Crippen molar-refractivity contribution in [3.63, 3.8) is 0 Å². The fourth-order valence-electron chi connectivity index (χ4n) is 0.367. The number of nitrogens with zero attached hydrogens (tertiary/aromatic N) is 2. The van der Waals surface area contributed by atoms with Gasteiger partial charge in [-0.1, -0.05) is 22.6 Å². The van der Waals surface area contributed by atoms with Crippen molar-refractivity contribution in [3.8, 4) is 0 Å². The van der Waals surface area contributed by atoms with Crippen LogP contribution in [0.5, 0.6) is 0 Å². The largest absolute Gasteiger partial charge is 0.259 e. The summed E-state index contributed by atoms with van der Waals surface area (Å²) < 4.78 is 0.426. The van der Waals surface area contributed by atoms with Crippen molar-refractivity contribution in [2.45, 2.75) is 10.5 Å². The Kier molecular flexibility index (Phi) is 1.78. The highest BCUT2D eigenvalue weighted by molar-refractivity contribution is 14.1. The Labute approximate surface area is 55.9 Å². The summed E-state index contributed by atoms with van der Waals surface area (Å²) in [4.78, 5) is 7.80. The molecule has 2 nitrogen and oxygen atoms in total. The van der Waals surface area contributed by atoms with Gasteiger partial charge in [-0.3, -0.25) is 4.99 Å². The van der Waals surface area contributed by atoms with E-state index in [1.165, 1.54) is 0 Å². The minimum absolute atomic E-state index is 0.426. The molecule has 0 N–H and O–H groups in total. The predicted molar refractivity (Wildman–Crippen MR) is 39.4 cm³/mol. The molecule has 0 saturated heterocycles. The van der Waals surface area contributed by atoms with E-state index >= 15 is 0 Å². The molecular formula is C4H5IN2. The number of halogens is 1. The lowest BCUT2D eigenvalue weighted by molar-refractivity contribution is 1.01. The van der Waals surface area contributed by atoms with E-state index in [-0.39, 0.29) is 0 Å². The summed E-state index contributed by atoms with van der Waals surface area (Å²) in [6, 6.07) is 0. The fraction of sp³-hybridized carbons (Fsp3) is 0.500. The van der Waals surface area contributed by atoms with Crippen LogP contribution in [0.25, 0.3) is 0 Å². The van der Waals surface area contributed by atoms with Crippen LogP contribution in [0, 0.1) is 0 Å². The van der Waals surface area contributed by atoms with Gasteiger partial charge in [0.25, 0.3) is 0 Å². The van der Waals surface area contributed by atoms with Crippen LogP contribution in [0.15, 0.2) is 9.98 Å². The lowest BCUT2D eigenvalue weighted by Gasteiger charge is -1.99. The molecule has 1 rings (SSSR count). The van der Waals surface area contributed by atoms with Gasteiger partial charge >= 0.3 is 0 Å². The van der Waals surface area contributed by atoms with Crippen LogP contribution < -0.4 is 0 Å². The van der Waals surface area contributed by atoms with Crippen molar-refractivity contribution < 1.29 is 0 Å². The average molecular weight is 208 g/mol. The van der Waals surface area contributed by atoms with Crippen molar-refractivity contribution in [1.29, 1.82) is 0 Å². The summed E-state index contributed by atoms with van der Waals surface area (Å²) in [6.45, 7) is 0. The van der Waals surface area contributed by atoms with E-state index in [4.69, 9.17) is 0 Å². The van der Waals surface area contributed by atoms with E-state index in [0.717, 1.165) is 6.42 Å². The Balaban J connectivity index is 2.49. The quantitative estimate of drug-likeness (QED) is 0.325. The zero-order valence-electron chi connectivity index (χ0n) is 3.71. The van der Waals surface area contributed by atoms with Crippen LogP contribution >= 0.6 is 22.6 Å². The molecule has 0 spiro atoms. The normalized spacial score (nSPS) is 28.4. The van der Waals surface area contributed by atoms with Gasteiger partial charge in [0.05, 0.1) is 0 Å². The first kappa shape index (κ1) is 5.21. The second-order valence-corrected chi connectivity index (χ2v) is 2.70. The molecule has 3 heteroatoms. The van der Waals surface area contributed by atoms with Crippen LogP contribution in [0.2, 0.25) is 0 Å². The van der Waals surface area contributed by atoms with Crippen LogP contribution in [-0.4, -0.2) is 16.6 Å².